The molecule has 0 bridgehead atoms. The maximum Gasteiger partial charge on any atom is 0.222 e. The minimum absolute atomic E-state index is 0.269. The van der Waals surface area contributed by atoms with Crippen LogP contribution < -0.4 is 5.73 Å². The van der Waals surface area contributed by atoms with Gasteiger partial charge in [-0.1, -0.05) is 6.92 Å². The minimum Gasteiger partial charge on any atom is -0.340 e. The van der Waals surface area contributed by atoms with E-state index in [0.29, 0.717) is 19.0 Å². The smallest absolute Gasteiger partial charge is 0.222 e. The normalized spacial score (nSPS) is 20.9. The zero-order valence-electron chi connectivity index (χ0n) is 9.20. The molecule has 14 heavy (non-hydrogen) atoms. The van der Waals surface area contributed by atoms with Gasteiger partial charge < -0.3 is 10.6 Å². The van der Waals surface area contributed by atoms with Gasteiger partial charge in [0.25, 0.3) is 0 Å². The van der Waals surface area contributed by atoms with E-state index in [1.54, 1.807) is 0 Å². The fourth-order valence-corrected chi connectivity index (χ4v) is 1.78. The molecule has 0 spiro atoms. The molecule has 2 N–H and O–H groups in total. The van der Waals surface area contributed by atoms with Crippen LogP contribution in [-0.4, -0.2) is 54.5 Å². The Morgan fingerprint density at radius 1 is 1.36 bits per heavy atom. The van der Waals surface area contributed by atoms with Crippen LogP contribution in [0.2, 0.25) is 0 Å². The van der Waals surface area contributed by atoms with E-state index < -0.39 is 0 Å². The third-order valence-electron chi connectivity index (χ3n) is 2.93. The molecule has 0 aromatic rings. The summed E-state index contributed by atoms with van der Waals surface area (Å²) in [6.45, 7) is 8.39. The van der Waals surface area contributed by atoms with Gasteiger partial charge in [0, 0.05) is 45.2 Å². The van der Waals surface area contributed by atoms with Crippen LogP contribution in [0.4, 0.5) is 0 Å². The SMILES string of the molecule is CCC(=O)N1CCN(C(C)CN)CC1. The number of hydrogen-bond acceptors (Lipinski definition) is 3. The van der Waals surface area contributed by atoms with Gasteiger partial charge in [0.05, 0.1) is 0 Å². The summed E-state index contributed by atoms with van der Waals surface area (Å²) in [5.41, 5.74) is 5.60. The summed E-state index contributed by atoms with van der Waals surface area (Å²) in [6.07, 6.45) is 0.618. The Morgan fingerprint density at radius 2 is 1.93 bits per heavy atom. The van der Waals surface area contributed by atoms with Crippen LogP contribution in [0.3, 0.4) is 0 Å². The average Bonchev–Trinajstić information content (AvgIpc) is 2.27. The molecule has 1 amide bonds. The fourth-order valence-electron chi connectivity index (χ4n) is 1.78. The quantitative estimate of drug-likeness (QED) is 0.690. The first kappa shape index (κ1) is 11.5. The fraction of sp³-hybridized carbons (Fsp3) is 0.900. The highest BCUT2D eigenvalue weighted by Gasteiger charge is 2.22. The summed E-state index contributed by atoms with van der Waals surface area (Å²) in [7, 11) is 0. The highest BCUT2D eigenvalue weighted by Crippen LogP contribution is 2.06. The predicted molar refractivity (Wildman–Crippen MR) is 57.0 cm³/mol. The van der Waals surface area contributed by atoms with E-state index in [-0.39, 0.29) is 5.91 Å². The second-order valence-electron chi connectivity index (χ2n) is 3.86. The monoisotopic (exact) mass is 199 g/mol. The lowest BCUT2D eigenvalue weighted by atomic mass is 10.2. The average molecular weight is 199 g/mol. The van der Waals surface area contributed by atoms with Crippen molar-refractivity contribution in [2.45, 2.75) is 26.3 Å². The van der Waals surface area contributed by atoms with Gasteiger partial charge in [0.2, 0.25) is 5.91 Å². The van der Waals surface area contributed by atoms with Crippen molar-refractivity contribution in [3.8, 4) is 0 Å². The van der Waals surface area contributed by atoms with Crippen molar-refractivity contribution >= 4 is 5.91 Å². The Balaban J connectivity index is 2.34. The third kappa shape index (κ3) is 2.69. The molecule has 1 rings (SSSR count). The van der Waals surface area contributed by atoms with Gasteiger partial charge in [0.1, 0.15) is 0 Å². The Bertz CT molecular complexity index is 188. The van der Waals surface area contributed by atoms with E-state index in [1.165, 1.54) is 0 Å². The summed E-state index contributed by atoms with van der Waals surface area (Å²) in [5, 5.41) is 0. The summed E-state index contributed by atoms with van der Waals surface area (Å²) in [4.78, 5) is 15.7. The molecule has 1 fully saturated rings. The van der Waals surface area contributed by atoms with Gasteiger partial charge in [-0.15, -0.1) is 0 Å². The molecular formula is C10H21N3O. The van der Waals surface area contributed by atoms with E-state index in [0.717, 1.165) is 26.2 Å². The maximum atomic E-state index is 11.4. The molecule has 4 nitrogen and oxygen atoms in total. The highest BCUT2D eigenvalue weighted by atomic mass is 16.2. The number of piperazine rings is 1. The first-order chi connectivity index (χ1) is 6.69. The van der Waals surface area contributed by atoms with Crippen molar-refractivity contribution in [2.24, 2.45) is 5.73 Å². The van der Waals surface area contributed by atoms with Crippen LogP contribution >= 0.6 is 0 Å². The summed E-state index contributed by atoms with van der Waals surface area (Å²) >= 11 is 0. The lowest BCUT2D eigenvalue weighted by Crippen LogP contribution is -2.52. The van der Waals surface area contributed by atoms with E-state index in [2.05, 4.69) is 11.8 Å². The number of carbonyl (C=O) groups is 1. The number of carbonyl (C=O) groups excluding carboxylic acids is 1. The number of hydrogen-bond donors (Lipinski definition) is 1. The molecule has 1 unspecified atom stereocenters. The lowest BCUT2D eigenvalue weighted by Gasteiger charge is -2.37. The van der Waals surface area contributed by atoms with Gasteiger partial charge in [-0.25, -0.2) is 0 Å². The first-order valence-electron chi connectivity index (χ1n) is 5.41. The van der Waals surface area contributed by atoms with E-state index in [1.807, 2.05) is 11.8 Å². The molecule has 1 aliphatic heterocycles. The highest BCUT2D eigenvalue weighted by molar-refractivity contribution is 5.75. The van der Waals surface area contributed by atoms with Gasteiger partial charge in [0.15, 0.2) is 0 Å². The first-order valence-corrected chi connectivity index (χ1v) is 5.41. The van der Waals surface area contributed by atoms with Gasteiger partial charge in [-0.05, 0) is 6.92 Å². The molecule has 0 saturated carbocycles. The van der Waals surface area contributed by atoms with Crippen molar-refractivity contribution in [1.29, 1.82) is 0 Å². The molecule has 0 aromatic carbocycles. The predicted octanol–water partition coefficient (Wildman–Crippen LogP) is -0.112. The topological polar surface area (TPSA) is 49.6 Å². The van der Waals surface area contributed by atoms with Crippen molar-refractivity contribution in [3.05, 3.63) is 0 Å². The van der Waals surface area contributed by atoms with Crippen LogP contribution in [-0.2, 0) is 4.79 Å². The molecular weight excluding hydrogens is 178 g/mol. The lowest BCUT2D eigenvalue weighted by molar-refractivity contribution is -0.132. The van der Waals surface area contributed by atoms with Crippen LogP contribution in [0.15, 0.2) is 0 Å². The van der Waals surface area contributed by atoms with Crippen LogP contribution in [0.1, 0.15) is 20.3 Å². The Morgan fingerprint density at radius 3 is 2.36 bits per heavy atom. The maximum absolute atomic E-state index is 11.4. The number of rotatable bonds is 3. The van der Waals surface area contributed by atoms with E-state index in [4.69, 9.17) is 5.73 Å². The molecule has 0 aliphatic carbocycles. The molecule has 1 saturated heterocycles. The minimum atomic E-state index is 0.269. The second kappa shape index (κ2) is 5.32. The van der Waals surface area contributed by atoms with Crippen molar-refractivity contribution in [3.63, 3.8) is 0 Å². The second-order valence-corrected chi connectivity index (χ2v) is 3.86. The van der Waals surface area contributed by atoms with Gasteiger partial charge >= 0.3 is 0 Å². The molecule has 0 aromatic heterocycles. The third-order valence-corrected chi connectivity index (χ3v) is 2.93. The van der Waals surface area contributed by atoms with Crippen molar-refractivity contribution < 1.29 is 4.79 Å². The molecule has 1 atom stereocenters. The Labute approximate surface area is 86.0 Å². The zero-order valence-corrected chi connectivity index (χ0v) is 9.20. The summed E-state index contributed by atoms with van der Waals surface area (Å²) < 4.78 is 0. The van der Waals surface area contributed by atoms with Crippen molar-refractivity contribution in [1.82, 2.24) is 9.80 Å². The summed E-state index contributed by atoms with van der Waals surface area (Å²) in [6, 6.07) is 0.439. The zero-order chi connectivity index (χ0) is 10.6. The van der Waals surface area contributed by atoms with Gasteiger partial charge in [-0.2, -0.15) is 0 Å². The number of nitrogens with two attached hydrogens (primary N) is 1. The van der Waals surface area contributed by atoms with E-state index in [9.17, 15) is 4.79 Å². The number of nitrogens with zero attached hydrogens (tertiary/aromatic N) is 2. The Hall–Kier alpha value is -0.610. The molecule has 0 radical (unpaired) electrons. The van der Waals surface area contributed by atoms with E-state index >= 15 is 0 Å². The summed E-state index contributed by atoms with van der Waals surface area (Å²) in [5.74, 6) is 0.269. The largest absolute Gasteiger partial charge is 0.340 e. The molecule has 1 heterocycles. The van der Waals surface area contributed by atoms with Crippen LogP contribution in [0, 0.1) is 0 Å². The van der Waals surface area contributed by atoms with Crippen LogP contribution in [0.25, 0.3) is 0 Å². The van der Waals surface area contributed by atoms with Crippen molar-refractivity contribution in [2.75, 3.05) is 32.7 Å². The van der Waals surface area contributed by atoms with Crippen LogP contribution in [0.5, 0.6) is 0 Å². The molecule has 4 heteroatoms. The molecule has 82 valence electrons. The number of amides is 1. The van der Waals surface area contributed by atoms with Gasteiger partial charge in [-0.3, -0.25) is 9.69 Å². The standard InChI is InChI=1S/C10H21N3O/c1-3-10(14)13-6-4-12(5-7-13)9(2)8-11/h9H,3-8,11H2,1-2H3. The molecule has 1 aliphatic rings. The Kier molecular flexibility index (Phi) is 4.35.